The fourth-order valence-corrected chi connectivity index (χ4v) is 6.32. The van der Waals surface area contributed by atoms with E-state index in [4.69, 9.17) is 4.74 Å². The Morgan fingerprint density at radius 1 is 0.895 bits per heavy atom. The standard InChI is InChI=1S/C17H30O2/c1-4-5-6-7-19-17-11-14(2)8-15(3,12-17)10-16(18,9-14)13-17/h18H,4-13H2,1-3H3. The van der Waals surface area contributed by atoms with Gasteiger partial charge in [0.2, 0.25) is 0 Å². The lowest BCUT2D eigenvalue weighted by atomic mass is 9.42. The maximum absolute atomic E-state index is 10.9. The van der Waals surface area contributed by atoms with Crippen LogP contribution < -0.4 is 0 Å². The first-order valence-electron chi connectivity index (χ1n) is 8.17. The van der Waals surface area contributed by atoms with Crippen LogP contribution in [0.1, 0.15) is 78.6 Å². The SMILES string of the molecule is CCCCCOC12CC3(C)CC(C)(CC(O)(C3)C1)C2. The smallest absolute Gasteiger partial charge is 0.0720 e. The Balaban J connectivity index is 1.75. The Morgan fingerprint density at radius 2 is 1.53 bits per heavy atom. The van der Waals surface area contributed by atoms with Crippen LogP contribution in [0.5, 0.6) is 0 Å². The van der Waals surface area contributed by atoms with Crippen LogP contribution >= 0.6 is 0 Å². The maximum atomic E-state index is 10.9. The van der Waals surface area contributed by atoms with E-state index in [1.165, 1.54) is 38.5 Å². The first-order chi connectivity index (χ1) is 8.80. The summed E-state index contributed by atoms with van der Waals surface area (Å²) < 4.78 is 6.38. The molecular weight excluding hydrogens is 236 g/mol. The Kier molecular flexibility index (Phi) is 3.07. The van der Waals surface area contributed by atoms with Gasteiger partial charge in [0.1, 0.15) is 0 Å². The molecule has 110 valence electrons. The predicted molar refractivity (Wildman–Crippen MR) is 77.1 cm³/mol. The molecule has 2 nitrogen and oxygen atoms in total. The summed E-state index contributed by atoms with van der Waals surface area (Å²) in [4.78, 5) is 0. The summed E-state index contributed by atoms with van der Waals surface area (Å²) in [7, 11) is 0. The van der Waals surface area contributed by atoms with Crippen LogP contribution in [0, 0.1) is 10.8 Å². The Hall–Kier alpha value is -0.0800. The van der Waals surface area contributed by atoms with Gasteiger partial charge < -0.3 is 9.84 Å². The molecule has 0 aromatic rings. The molecule has 4 saturated carbocycles. The van der Waals surface area contributed by atoms with E-state index in [1.807, 2.05) is 0 Å². The van der Waals surface area contributed by atoms with Crippen molar-refractivity contribution in [2.75, 3.05) is 6.61 Å². The number of aliphatic hydroxyl groups is 1. The second kappa shape index (κ2) is 4.21. The van der Waals surface area contributed by atoms with Crippen molar-refractivity contribution in [1.29, 1.82) is 0 Å². The molecule has 4 rings (SSSR count). The second-order valence-corrected chi connectivity index (χ2v) is 8.64. The van der Waals surface area contributed by atoms with Crippen LogP contribution in [-0.2, 0) is 4.74 Å². The summed E-state index contributed by atoms with van der Waals surface area (Å²) in [5, 5.41) is 10.9. The van der Waals surface area contributed by atoms with Gasteiger partial charge in [-0.15, -0.1) is 0 Å². The molecule has 4 aliphatic carbocycles. The molecule has 0 amide bonds. The molecule has 0 aromatic carbocycles. The molecule has 4 bridgehead atoms. The molecule has 19 heavy (non-hydrogen) atoms. The Bertz CT molecular complexity index is 309. The lowest BCUT2D eigenvalue weighted by molar-refractivity contribution is -0.266. The van der Waals surface area contributed by atoms with Crippen molar-refractivity contribution in [3.63, 3.8) is 0 Å². The quantitative estimate of drug-likeness (QED) is 0.760. The molecule has 0 aromatic heterocycles. The van der Waals surface area contributed by atoms with Gasteiger partial charge in [0.15, 0.2) is 0 Å². The molecule has 4 aliphatic rings. The molecule has 4 fully saturated rings. The van der Waals surface area contributed by atoms with E-state index in [0.29, 0.717) is 10.8 Å². The average Bonchev–Trinajstić information content (AvgIpc) is 2.17. The zero-order valence-corrected chi connectivity index (χ0v) is 12.9. The molecule has 0 aliphatic heterocycles. The van der Waals surface area contributed by atoms with Gasteiger partial charge in [-0.25, -0.2) is 0 Å². The number of unbranched alkanes of at least 4 members (excludes halogenated alkanes) is 2. The first-order valence-corrected chi connectivity index (χ1v) is 8.17. The third-order valence-electron chi connectivity index (χ3n) is 5.67. The predicted octanol–water partition coefficient (Wildman–Crippen LogP) is 4.06. The average molecular weight is 266 g/mol. The third-order valence-corrected chi connectivity index (χ3v) is 5.67. The van der Waals surface area contributed by atoms with Crippen LogP contribution in [-0.4, -0.2) is 22.9 Å². The molecule has 2 heteroatoms. The minimum Gasteiger partial charge on any atom is -0.390 e. The second-order valence-electron chi connectivity index (χ2n) is 8.64. The zero-order chi connectivity index (χ0) is 13.8. The summed E-state index contributed by atoms with van der Waals surface area (Å²) in [5.41, 5.74) is 0.162. The molecule has 0 saturated heterocycles. The van der Waals surface area contributed by atoms with Crippen molar-refractivity contribution in [2.24, 2.45) is 10.8 Å². The van der Waals surface area contributed by atoms with E-state index in [1.54, 1.807) is 0 Å². The lowest BCUT2D eigenvalue weighted by Crippen LogP contribution is -2.66. The Morgan fingerprint density at radius 3 is 2.05 bits per heavy atom. The van der Waals surface area contributed by atoms with E-state index in [-0.39, 0.29) is 5.60 Å². The monoisotopic (exact) mass is 266 g/mol. The minimum atomic E-state index is -0.441. The van der Waals surface area contributed by atoms with Crippen molar-refractivity contribution in [3.05, 3.63) is 0 Å². The van der Waals surface area contributed by atoms with Crippen molar-refractivity contribution in [2.45, 2.75) is 89.8 Å². The van der Waals surface area contributed by atoms with E-state index < -0.39 is 5.60 Å². The maximum Gasteiger partial charge on any atom is 0.0720 e. The van der Waals surface area contributed by atoms with E-state index in [9.17, 15) is 5.11 Å². The highest BCUT2D eigenvalue weighted by Crippen LogP contribution is 2.68. The number of hydrogen-bond donors (Lipinski definition) is 1. The minimum absolute atomic E-state index is 0.0132. The van der Waals surface area contributed by atoms with E-state index in [0.717, 1.165) is 25.9 Å². The van der Waals surface area contributed by atoms with Gasteiger partial charge in [-0.1, -0.05) is 33.6 Å². The first kappa shape index (κ1) is 13.9. The summed E-state index contributed by atoms with van der Waals surface area (Å²) in [6.45, 7) is 7.86. The molecular formula is C17H30O2. The Labute approximate surface area is 117 Å². The van der Waals surface area contributed by atoms with Gasteiger partial charge in [0.25, 0.3) is 0 Å². The normalized spacial score (nSPS) is 51.8. The molecule has 2 unspecified atom stereocenters. The summed E-state index contributed by atoms with van der Waals surface area (Å²) in [6, 6.07) is 0. The number of hydrogen-bond acceptors (Lipinski definition) is 2. The van der Waals surface area contributed by atoms with Crippen LogP contribution in [0.2, 0.25) is 0 Å². The highest BCUT2D eigenvalue weighted by atomic mass is 16.5. The molecule has 0 spiro atoms. The number of ether oxygens (including phenoxy) is 1. The van der Waals surface area contributed by atoms with E-state index in [2.05, 4.69) is 20.8 Å². The van der Waals surface area contributed by atoms with Gasteiger partial charge >= 0.3 is 0 Å². The number of rotatable bonds is 5. The summed E-state index contributed by atoms with van der Waals surface area (Å²) >= 11 is 0. The summed E-state index contributed by atoms with van der Waals surface area (Å²) in [5.74, 6) is 0. The highest BCUT2D eigenvalue weighted by molar-refractivity contribution is 5.17. The van der Waals surface area contributed by atoms with E-state index >= 15 is 0 Å². The topological polar surface area (TPSA) is 29.5 Å². The van der Waals surface area contributed by atoms with Gasteiger partial charge in [0, 0.05) is 13.0 Å². The molecule has 1 N–H and O–H groups in total. The van der Waals surface area contributed by atoms with Gasteiger partial charge in [0.05, 0.1) is 11.2 Å². The lowest BCUT2D eigenvalue weighted by Gasteiger charge is -2.67. The molecule has 0 radical (unpaired) electrons. The fourth-order valence-electron chi connectivity index (χ4n) is 6.32. The van der Waals surface area contributed by atoms with Gasteiger partial charge in [-0.05, 0) is 49.4 Å². The van der Waals surface area contributed by atoms with Crippen molar-refractivity contribution in [1.82, 2.24) is 0 Å². The zero-order valence-electron chi connectivity index (χ0n) is 12.9. The highest BCUT2D eigenvalue weighted by Gasteiger charge is 2.65. The van der Waals surface area contributed by atoms with Crippen molar-refractivity contribution in [3.8, 4) is 0 Å². The summed E-state index contributed by atoms with van der Waals surface area (Å²) in [6.07, 6.45) is 10.2. The van der Waals surface area contributed by atoms with Crippen LogP contribution in [0.3, 0.4) is 0 Å². The van der Waals surface area contributed by atoms with Crippen LogP contribution in [0.25, 0.3) is 0 Å². The van der Waals surface area contributed by atoms with Crippen molar-refractivity contribution >= 4 is 0 Å². The van der Waals surface area contributed by atoms with Gasteiger partial charge in [-0.2, -0.15) is 0 Å². The molecule has 2 atom stereocenters. The molecule has 0 heterocycles. The van der Waals surface area contributed by atoms with Crippen LogP contribution in [0.4, 0.5) is 0 Å². The fraction of sp³-hybridized carbons (Fsp3) is 1.00. The van der Waals surface area contributed by atoms with Crippen LogP contribution in [0.15, 0.2) is 0 Å². The van der Waals surface area contributed by atoms with Gasteiger partial charge in [-0.3, -0.25) is 0 Å². The largest absolute Gasteiger partial charge is 0.390 e. The third kappa shape index (κ3) is 2.47. The van der Waals surface area contributed by atoms with Crippen molar-refractivity contribution < 1.29 is 9.84 Å².